The highest BCUT2D eigenvalue weighted by Crippen LogP contribution is 2.47. The molecule has 2 aliphatic heterocycles. The Morgan fingerprint density at radius 1 is 1.27 bits per heavy atom. The summed E-state index contributed by atoms with van der Waals surface area (Å²) in [6.45, 7) is 2.73. The SMILES string of the molecule is CC[C@@]1(O)C(=O)OCc2c1cc1n(c2=O)Cc2c-1nc1cc(F)c(C)c3c1c2[C@@H](N(C)C(=O)[C@@H](O)C(F)(F)F)CC3. The Labute approximate surface area is 230 Å². The van der Waals surface area contributed by atoms with E-state index in [0.29, 0.717) is 27.6 Å². The van der Waals surface area contributed by atoms with Gasteiger partial charge in [0.1, 0.15) is 12.4 Å². The molecule has 1 amide bonds. The van der Waals surface area contributed by atoms with E-state index >= 15 is 0 Å². The first-order chi connectivity index (χ1) is 19.2. The molecular weight excluding hydrogens is 550 g/mol. The molecule has 3 aliphatic rings. The number of aliphatic hydroxyl groups is 2. The zero-order chi connectivity index (χ0) is 29.8. The lowest BCUT2D eigenvalue weighted by atomic mass is 9.81. The van der Waals surface area contributed by atoms with Crippen molar-refractivity contribution in [3.05, 3.63) is 61.7 Å². The average Bonchev–Trinajstić information content (AvgIpc) is 3.30. The zero-order valence-electron chi connectivity index (χ0n) is 22.2. The number of halogens is 4. The van der Waals surface area contributed by atoms with Gasteiger partial charge in [-0.1, -0.05) is 6.92 Å². The van der Waals surface area contributed by atoms with Crippen molar-refractivity contribution in [1.82, 2.24) is 14.5 Å². The molecule has 0 spiro atoms. The number of rotatable bonds is 3. The first kappa shape index (κ1) is 27.3. The van der Waals surface area contributed by atoms with E-state index in [0.717, 1.165) is 4.90 Å². The number of amides is 1. The van der Waals surface area contributed by atoms with Gasteiger partial charge < -0.3 is 24.4 Å². The van der Waals surface area contributed by atoms with E-state index in [1.54, 1.807) is 13.8 Å². The number of alkyl halides is 3. The fraction of sp³-hybridized carbons (Fsp3) is 0.429. The number of pyridine rings is 2. The highest BCUT2D eigenvalue weighted by molar-refractivity contribution is 5.94. The van der Waals surface area contributed by atoms with Gasteiger partial charge in [0.15, 0.2) is 5.60 Å². The molecule has 0 unspecified atom stereocenters. The number of fused-ring (bicyclic) bond motifs is 5. The largest absolute Gasteiger partial charge is 0.458 e. The second-order valence-corrected chi connectivity index (χ2v) is 10.8. The van der Waals surface area contributed by atoms with E-state index in [9.17, 15) is 42.2 Å². The average molecular weight is 576 g/mol. The van der Waals surface area contributed by atoms with Crippen LogP contribution in [0.15, 0.2) is 16.9 Å². The van der Waals surface area contributed by atoms with E-state index in [1.807, 2.05) is 0 Å². The predicted octanol–water partition coefficient (Wildman–Crippen LogP) is 2.90. The number of benzene rings is 1. The molecule has 0 saturated carbocycles. The van der Waals surface area contributed by atoms with Gasteiger partial charge in [-0.2, -0.15) is 13.2 Å². The van der Waals surface area contributed by atoms with Crippen LogP contribution < -0.4 is 5.56 Å². The Morgan fingerprint density at radius 2 is 1.98 bits per heavy atom. The summed E-state index contributed by atoms with van der Waals surface area (Å²) in [5.74, 6) is -2.98. The number of likely N-dealkylation sites (N-methyl/N-ethyl adjacent to an activating group) is 1. The molecule has 13 heteroatoms. The molecule has 1 aliphatic carbocycles. The lowest BCUT2D eigenvalue weighted by molar-refractivity contribution is -0.211. The summed E-state index contributed by atoms with van der Waals surface area (Å²) in [7, 11) is 1.17. The molecule has 0 saturated heterocycles. The Morgan fingerprint density at radius 3 is 2.63 bits per heavy atom. The molecule has 0 radical (unpaired) electrons. The molecule has 0 bridgehead atoms. The highest BCUT2D eigenvalue weighted by atomic mass is 19.4. The molecule has 3 atom stereocenters. The van der Waals surface area contributed by atoms with Crippen LogP contribution in [0.25, 0.3) is 22.3 Å². The van der Waals surface area contributed by atoms with E-state index in [1.165, 1.54) is 23.7 Å². The fourth-order valence-electron chi connectivity index (χ4n) is 6.40. The maximum atomic E-state index is 15.0. The van der Waals surface area contributed by atoms with Gasteiger partial charge in [-0.25, -0.2) is 14.2 Å². The lowest BCUT2D eigenvalue weighted by Gasteiger charge is -2.36. The first-order valence-electron chi connectivity index (χ1n) is 13.0. The summed E-state index contributed by atoms with van der Waals surface area (Å²) >= 11 is 0. The number of carbonyl (C=O) groups is 2. The number of aliphatic hydroxyl groups excluding tert-OH is 1. The van der Waals surface area contributed by atoms with Crippen LogP contribution in [0.1, 0.15) is 59.2 Å². The van der Waals surface area contributed by atoms with E-state index in [-0.39, 0.29) is 60.4 Å². The van der Waals surface area contributed by atoms with Crippen molar-refractivity contribution >= 4 is 22.8 Å². The van der Waals surface area contributed by atoms with Gasteiger partial charge in [0.2, 0.25) is 6.10 Å². The molecule has 4 heterocycles. The zero-order valence-corrected chi connectivity index (χ0v) is 22.2. The van der Waals surface area contributed by atoms with Crippen molar-refractivity contribution in [3.8, 4) is 11.4 Å². The molecular formula is C28H25F4N3O6. The van der Waals surface area contributed by atoms with Crippen molar-refractivity contribution in [2.75, 3.05) is 7.05 Å². The van der Waals surface area contributed by atoms with Crippen LogP contribution in [0.3, 0.4) is 0 Å². The lowest BCUT2D eigenvalue weighted by Crippen LogP contribution is -2.46. The Hall–Kier alpha value is -3.84. The minimum atomic E-state index is -5.18. The monoisotopic (exact) mass is 575 g/mol. The summed E-state index contributed by atoms with van der Waals surface area (Å²) in [5, 5.41) is 21.3. The second-order valence-electron chi connectivity index (χ2n) is 10.8. The number of esters is 1. The molecule has 2 aromatic heterocycles. The van der Waals surface area contributed by atoms with Crippen LogP contribution in [0.2, 0.25) is 0 Å². The van der Waals surface area contributed by atoms with Crippen molar-refractivity contribution in [2.24, 2.45) is 0 Å². The number of hydrogen-bond donors (Lipinski definition) is 2. The maximum absolute atomic E-state index is 15.0. The third-order valence-corrected chi connectivity index (χ3v) is 8.71. The van der Waals surface area contributed by atoms with Crippen molar-refractivity contribution in [3.63, 3.8) is 0 Å². The van der Waals surface area contributed by atoms with Gasteiger partial charge >= 0.3 is 12.1 Å². The molecule has 3 aromatic rings. The summed E-state index contributed by atoms with van der Waals surface area (Å²) in [6, 6.07) is 1.73. The van der Waals surface area contributed by atoms with Crippen LogP contribution in [-0.4, -0.2) is 55.9 Å². The van der Waals surface area contributed by atoms with Gasteiger partial charge in [-0.05, 0) is 48.9 Å². The molecule has 9 nitrogen and oxygen atoms in total. The fourth-order valence-corrected chi connectivity index (χ4v) is 6.40. The number of ether oxygens (including phenoxy) is 1. The highest BCUT2D eigenvalue weighted by Gasteiger charge is 2.48. The van der Waals surface area contributed by atoms with E-state index in [4.69, 9.17) is 4.74 Å². The predicted molar refractivity (Wildman–Crippen MR) is 135 cm³/mol. The summed E-state index contributed by atoms with van der Waals surface area (Å²) in [6.07, 6.45) is -8.11. The van der Waals surface area contributed by atoms with Crippen LogP contribution in [0, 0.1) is 12.7 Å². The standard InChI is InChI=1S/C28H25F4N3O6/c1-4-27(40)15-7-19-22-13(9-35(19)24(37)14(15)10-41-26(27)39)21-18(34(3)25(38)23(36)28(30,31)32)6-5-12-11(2)16(29)8-17(33-22)20(12)21/h7-8,18,23,36,40H,4-6,9-10H2,1-3H3/t18-,23+,27-/m0/s1. The maximum Gasteiger partial charge on any atom is 0.423 e. The molecule has 216 valence electrons. The Bertz CT molecular complexity index is 1750. The van der Waals surface area contributed by atoms with E-state index < -0.39 is 47.2 Å². The molecule has 2 N–H and O–H groups in total. The molecule has 1 aromatic carbocycles. The van der Waals surface area contributed by atoms with Crippen LogP contribution in [-0.2, 0) is 39.5 Å². The minimum Gasteiger partial charge on any atom is -0.458 e. The number of aromatic nitrogens is 2. The Kier molecular flexibility index (Phi) is 5.89. The Balaban J connectivity index is 1.62. The molecule has 6 rings (SSSR count). The summed E-state index contributed by atoms with van der Waals surface area (Å²) in [5.41, 5.74) is -0.0115. The second kappa shape index (κ2) is 8.83. The first-order valence-corrected chi connectivity index (χ1v) is 13.0. The number of aryl methyl sites for hydroxylation is 1. The van der Waals surface area contributed by atoms with Crippen molar-refractivity contribution in [1.29, 1.82) is 0 Å². The third kappa shape index (κ3) is 3.67. The smallest absolute Gasteiger partial charge is 0.423 e. The quantitative estimate of drug-likeness (QED) is 0.285. The van der Waals surface area contributed by atoms with Crippen molar-refractivity contribution < 1.29 is 42.1 Å². The van der Waals surface area contributed by atoms with Crippen LogP contribution >= 0.6 is 0 Å². The van der Waals surface area contributed by atoms with Gasteiger partial charge in [0.05, 0.1) is 35.1 Å². The van der Waals surface area contributed by atoms with Gasteiger partial charge in [0, 0.05) is 29.6 Å². The number of cyclic esters (lactones) is 1. The van der Waals surface area contributed by atoms with Gasteiger partial charge in [0.25, 0.3) is 11.5 Å². The number of carbonyl (C=O) groups excluding carboxylic acids is 2. The van der Waals surface area contributed by atoms with Gasteiger partial charge in [-0.3, -0.25) is 9.59 Å². The minimum absolute atomic E-state index is 0.0657. The topological polar surface area (TPSA) is 122 Å². The van der Waals surface area contributed by atoms with Crippen molar-refractivity contribution in [2.45, 2.75) is 70.2 Å². The molecule has 41 heavy (non-hydrogen) atoms. The third-order valence-electron chi connectivity index (χ3n) is 8.71. The summed E-state index contributed by atoms with van der Waals surface area (Å²) in [4.78, 5) is 44.4. The van der Waals surface area contributed by atoms with Crippen LogP contribution in [0.4, 0.5) is 17.6 Å². The van der Waals surface area contributed by atoms with Crippen LogP contribution in [0.5, 0.6) is 0 Å². The molecule has 0 fully saturated rings. The summed E-state index contributed by atoms with van der Waals surface area (Å²) < 4.78 is 61.2. The number of hydrogen-bond acceptors (Lipinski definition) is 7. The van der Waals surface area contributed by atoms with Gasteiger partial charge in [-0.15, -0.1) is 0 Å². The van der Waals surface area contributed by atoms with E-state index in [2.05, 4.69) is 4.98 Å². The number of nitrogens with zero attached hydrogens (tertiary/aromatic N) is 3. The normalized spacial score (nSPS) is 21.7.